The molecule has 0 aliphatic heterocycles. The highest BCUT2D eigenvalue weighted by Gasteiger charge is 2.39. The molecule has 78 valence electrons. The van der Waals surface area contributed by atoms with Crippen molar-refractivity contribution in [1.29, 1.82) is 0 Å². The van der Waals surface area contributed by atoms with E-state index >= 15 is 0 Å². The van der Waals surface area contributed by atoms with Crippen LogP contribution in [0, 0.1) is 0 Å². The Bertz CT molecular complexity index is 310. The van der Waals surface area contributed by atoms with E-state index in [1.165, 1.54) is 24.4 Å². The minimum atomic E-state index is -0.238. The Labute approximate surface area is 92.6 Å². The van der Waals surface area contributed by atoms with Gasteiger partial charge in [-0.25, -0.2) is 4.98 Å². The van der Waals surface area contributed by atoms with Crippen LogP contribution in [0.25, 0.3) is 0 Å². The summed E-state index contributed by atoms with van der Waals surface area (Å²) in [4.78, 5) is 4.23. The molecular weight excluding hydrogens is 220 g/mol. The van der Waals surface area contributed by atoms with Crippen LogP contribution >= 0.6 is 23.1 Å². The van der Waals surface area contributed by atoms with Crippen LogP contribution in [0.4, 0.5) is 0 Å². The van der Waals surface area contributed by atoms with Crippen molar-refractivity contribution < 1.29 is 4.74 Å². The number of halogens is 1. The fourth-order valence-corrected chi connectivity index (χ4v) is 2.72. The van der Waals surface area contributed by atoms with Gasteiger partial charge in [0.1, 0.15) is 5.60 Å². The van der Waals surface area contributed by atoms with E-state index in [1.54, 1.807) is 0 Å². The summed E-state index contributed by atoms with van der Waals surface area (Å²) in [5, 5.41) is 0. The van der Waals surface area contributed by atoms with Gasteiger partial charge in [0, 0.05) is 6.61 Å². The van der Waals surface area contributed by atoms with Crippen LogP contribution in [0.15, 0.2) is 0 Å². The largest absolute Gasteiger partial charge is 0.367 e. The highest BCUT2D eigenvalue weighted by Crippen LogP contribution is 2.41. The van der Waals surface area contributed by atoms with Gasteiger partial charge in [-0.3, -0.25) is 0 Å². The van der Waals surface area contributed by atoms with Gasteiger partial charge >= 0.3 is 0 Å². The summed E-state index contributed by atoms with van der Waals surface area (Å²) in [6.07, 6.45) is 4.43. The Morgan fingerprint density at radius 2 is 2.21 bits per heavy atom. The molecule has 0 N–H and O–H groups in total. The maximum absolute atomic E-state index is 5.81. The maximum Gasteiger partial charge on any atom is 0.203 e. The SMILES string of the molecule is CCOC1(c2nsc(Cl)n2)CCCC1. The normalized spacial score (nSPS) is 20.1. The van der Waals surface area contributed by atoms with E-state index in [2.05, 4.69) is 9.36 Å². The van der Waals surface area contributed by atoms with E-state index in [4.69, 9.17) is 16.3 Å². The van der Waals surface area contributed by atoms with E-state index in [9.17, 15) is 0 Å². The highest BCUT2D eigenvalue weighted by molar-refractivity contribution is 7.10. The van der Waals surface area contributed by atoms with E-state index in [1.807, 2.05) is 6.92 Å². The van der Waals surface area contributed by atoms with Gasteiger partial charge in [0.25, 0.3) is 0 Å². The van der Waals surface area contributed by atoms with Crippen LogP contribution in [0.1, 0.15) is 38.4 Å². The van der Waals surface area contributed by atoms with E-state index in [0.29, 0.717) is 11.1 Å². The molecule has 1 aromatic heterocycles. The van der Waals surface area contributed by atoms with Crippen molar-refractivity contribution in [1.82, 2.24) is 9.36 Å². The first kappa shape index (κ1) is 10.3. The lowest BCUT2D eigenvalue weighted by Gasteiger charge is -2.25. The third-order valence-electron chi connectivity index (χ3n) is 2.64. The molecule has 1 saturated carbocycles. The van der Waals surface area contributed by atoms with Crippen LogP contribution in [0.2, 0.25) is 4.47 Å². The van der Waals surface area contributed by atoms with Crippen molar-refractivity contribution in [2.24, 2.45) is 0 Å². The van der Waals surface area contributed by atoms with Gasteiger partial charge in [-0.1, -0.05) is 0 Å². The minimum absolute atomic E-state index is 0.238. The zero-order chi connectivity index (χ0) is 10.0. The van der Waals surface area contributed by atoms with Crippen molar-refractivity contribution in [3.8, 4) is 0 Å². The lowest BCUT2D eigenvalue weighted by atomic mass is 10.0. The number of nitrogens with zero attached hydrogens (tertiary/aromatic N) is 2. The number of hydrogen-bond acceptors (Lipinski definition) is 4. The third kappa shape index (κ3) is 1.78. The van der Waals surface area contributed by atoms with Gasteiger partial charge < -0.3 is 4.74 Å². The summed E-state index contributed by atoms with van der Waals surface area (Å²) in [7, 11) is 0. The van der Waals surface area contributed by atoms with Gasteiger partial charge in [0.15, 0.2) is 5.82 Å². The van der Waals surface area contributed by atoms with Crippen molar-refractivity contribution in [2.45, 2.75) is 38.2 Å². The van der Waals surface area contributed by atoms with Crippen molar-refractivity contribution in [2.75, 3.05) is 6.61 Å². The van der Waals surface area contributed by atoms with Gasteiger partial charge in [0.2, 0.25) is 4.47 Å². The predicted molar refractivity (Wildman–Crippen MR) is 56.7 cm³/mol. The predicted octanol–water partition coefficient (Wildman–Crippen LogP) is 3.00. The molecule has 14 heavy (non-hydrogen) atoms. The molecule has 1 aliphatic carbocycles. The van der Waals surface area contributed by atoms with Crippen LogP contribution in [-0.4, -0.2) is 16.0 Å². The Hall–Kier alpha value is -0.190. The third-order valence-corrected chi connectivity index (χ3v) is 3.44. The van der Waals surface area contributed by atoms with Gasteiger partial charge in [-0.15, -0.1) is 0 Å². The van der Waals surface area contributed by atoms with Crippen molar-refractivity contribution >= 4 is 23.1 Å². The first-order valence-electron chi connectivity index (χ1n) is 4.90. The molecule has 1 fully saturated rings. The van der Waals surface area contributed by atoms with Crippen LogP contribution in [0.5, 0.6) is 0 Å². The Kier molecular flexibility index (Phi) is 3.04. The van der Waals surface area contributed by atoms with Gasteiger partial charge in [0.05, 0.1) is 0 Å². The van der Waals surface area contributed by atoms with Gasteiger partial charge in [-0.2, -0.15) is 4.37 Å². The summed E-state index contributed by atoms with van der Waals surface area (Å²) < 4.78 is 10.6. The molecule has 2 rings (SSSR count). The molecule has 5 heteroatoms. The topological polar surface area (TPSA) is 35.0 Å². The summed E-state index contributed by atoms with van der Waals surface area (Å²) in [6, 6.07) is 0. The molecule has 1 heterocycles. The summed E-state index contributed by atoms with van der Waals surface area (Å²) in [5.41, 5.74) is -0.238. The standard InChI is InChI=1S/C9H13ClN2OS/c1-2-13-9(5-3-4-6-9)7-11-8(10)14-12-7/h2-6H2,1H3. The molecule has 0 spiro atoms. The lowest BCUT2D eigenvalue weighted by Crippen LogP contribution is -2.27. The van der Waals surface area contributed by atoms with Crippen molar-refractivity contribution in [3.63, 3.8) is 0 Å². The van der Waals surface area contributed by atoms with E-state index in [-0.39, 0.29) is 5.60 Å². The monoisotopic (exact) mass is 232 g/mol. The number of rotatable bonds is 3. The Morgan fingerprint density at radius 3 is 2.71 bits per heavy atom. The molecule has 0 amide bonds. The summed E-state index contributed by atoms with van der Waals surface area (Å²) in [5.74, 6) is 0.784. The summed E-state index contributed by atoms with van der Waals surface area (Å²) >= 11 is 7.03. The molecule has 0 radical (unpaired) electrons. The molecule has 0 saturated heterocycles. The first-order valence-corrected chi connectivity index (χ1v) is 6.05. The molecule has 0 atom stereocenters. The average Bonchev–Trinajstić information content (AvgIpc) is 2.75. The highest BCUT2D eigenvalue weighted by atomic mass is 35.5. The lowest BCUT2D eigenvalue weighted by molar-refractivity contribution is -0.0448. The molecular formula is C9H13ClN2OS. The zero-order valence-electron chi connectivity index (χ0n) is 8.12. The molecule has 3 nitrogen and oxygen atoms in total. The molecule has 0 aromatic carbocycles. The molecule has 0 bridgehead atoms. The van der Waals surface area contributed by atoms with Crippen LogP contribution in [-0.2, 0) is 10.3 Å². The second kappa shape index (κ2) is 4.13. The quantitative estimate of drug-likeness (QED) is 0.804. The number of ether oxygens (including phenoxy) is 1. The Morgan fingerprint density at radius 1 is 1.50 bits per heavy atom. The van der Waals surface area contributed by atoms with Crippen LogP contribution in [0.3, 0.4) is 0 Å². The molecule has 0 unspecified atom stereocenters. The Balaban J connectivity index is 2.26. The van der Waals surface area contributed by atoms with Crippen molar-refractivity contribution in [3.05, 3.63) is 10.3 Å². The smallest absolute Gasteiger partial charge is 0.203 e. The van der Waals surface area contributed by atoms with Gasteiger partial charge in [-0.05, 0) is 55.7 Å². The molecule has 1 aliphatic rings. The fourth-order valence-electron chi connectivity index (χ4n) is 2.04. The fraction of sp³-hybridized carbons (Fsp3) is 0.778. The average molecular weight is 233 g/mol. The second-order valence-electron chi connectivity index (χ2n) is 3.51. The first-order chi connectivity index (χ1) is 6.77. The zero-order valence-corrected chi connectivity index (χ0v) is 9.70. The molecule has 1 aromatic rings. The number of hydrogen-bond donors (Lipinski definition) is 0. The maximum atomic E-state index is 5.81. The van der Waals surface area contributed by atoms with E-state index < -0.39 is 0 Å². The summed E-state index contributed by atoms with van der Waals surface area (Å²) in [6.45, 7) is 2.71. The minimum Gasteiger partial charge on any atom is -0.367 e. The van der Waals surface area contributed by atoms with E-state index in [0.717, 1.165) is 18.7 Å². The second-order valence-corrected chi connectivity index (χ2v) is 4.84. The number of aromatic nitrogens is 2. The van der Waals surface area contributed by atoms with Crippen LogP contribution < -0.4 is 0 Å².